The van der Waals surface area contributed by atoms with Crippen molar-refractivity contribution in [2.45, 2.75) is 36.5 Å². The zero-order valence-corrected chi connectivity index (χ0v) is 23.7. The van der Waals surface area contributed by atoms with Crippen molar-refractivity contribution in [1.82, 2.24) is 0 Å². The second-order valence-corrected chi connectivity index (χ2v) is 15.1. The molecular weight excluding hydrogens is 646 g/mol. The highest BCUT2D eigenvalue weighted by molar-refractivity contribution is 8.46. The second-order valence-electron chi connectivity index (χ2n) is 10.4. The molecular formula is C28H14F10N4S2. The van der Waals surface area contributed by atoms with Crippen molar-refractivity contribution in [3.8, 4) is 34.4 Å². The number of fused-ring (bicyclic) bond motifs is 6. The molecule has 0 aliphatic heterocycles. The van der Waals surface area contributed by atoms with Gasteiger partial charge in [0.2, 0.25) is 0 Å². The van der Waals surface area contributed by atoms with Crippen molar-refractivity contribution in [1.29, 1.82) is 10.5 Å². The van der Waals surface area contributed by atoms with Crippen molar-refractivity contribution in [2.75, 3.05) is 0 Å². The summed E-state index contributed by atoms with van der Waals surface area (Å²) in [5.41, 5.74) is -6.04. The van der Waals surface area contributed by atoms with Gasteiger partial charge in [-0.1, -0.05) is 51.0 Å². The minimum absolute atomic E-state index is 0.0745. The molecule has 0 spiro atoms. The van der Waals surface area contributed by atoms with Crippen LogP contribution in [-0.2, 0) is 12.8 Å². The summed E-state index contributed by atoms with van der Waals surface area (Å²) in [6, 6.07) is 4.69. The molecule has 0 amide bonds. The zero-order chi connectivity index (χ0) is 33.1. The van der Waals surface area contributed by atoms with Crippen molar-refractivity contribution < 1.29 is 38.9 Å². The Bertz CT molecular complexity index is 2220. The summed E-state index contributed by atoms with van der Waals surface area (Å²) in [5.74, 6) is 0. The summed E-state index contributed by atoms with van der Waals surface area (Å²) in [6.07, 6.45) is -1.77. The molecule has 0 atom stereocenters. The molecule has 3 aromatic rings. The van der Waals surface area contributed by atoms with Gasteiger partial charge >= 0.3 is 20.4 Å². The van der Waals surface area contributed by atoms with Gasteiger partial charge in [0.15, 0.2) is 0 Å². The van der Waals surface area contributed by atoms with E-state index in [2.05, 4.69) is 9.69 Å². The number of aryl methyl sites for hydroxylation is 2. The Hall–Kier alpha value is -4.64. The third-order valence-electron chi connectivity index (χ3n) is 7.64. The van der Waals surface area contributed by atoms with E-state index in [4.69, 9.17) is 13.1 Å². The van der Waals surface area contributed by atoms with Crippen molar-refractivity contribution in [3.63, 3.8) is 0 Å². The predicted molar refractivity (Wildman–Crippen MR) is 146 cm³/mol. The number of halogens is 10. The average molecular weight is 661 g/mol. The molecule has 0 saturated heterocycles. The third-order valence-corrected chi connectivity index (χ3v) is 10.0. The van der Waals surface area contributed by atoms with Crippen LogP contribution in [0, 0.1) is 49.7 Å². The summed E-state index contributed by atoms with van der Waals surface area (Å²) >= 11 is 0. The Kier molecular flexibility index (Phi) is 5.39. The quantitative estimate of drug-likeness (QED) is 0.140. The minimum atomic E-state index is -11.0. The van der Waals surface area contributed by atoms with Gasteiger partial charge in [-0.15, -0.1) is 0 Å². The van der Waals surface area contributed by atoms with Gasteiger partial charge in [0, 0.05) is 16.0 Å². The molecule has 4 nitrogen and oxygen atoms in total. The Morgan fingerprint density at radius 1 is 0.591 bits per heavy atom. The van der Waals surface area contributed by atoms with Gasteiger partial charge in [-0.2, -0.15) is 0 Å². The Morgan fingerprint density at radius 2 is 1.00 bits per heavy atom. The van der Waals surface area contributed by atoms with Crippen LogP contribution in [0.15, 0.2) is 34.1 Å². The molecule has 0 aromatic heterocycles. The lowest BCUT2D eigenvalue weighted by atomic mass is 9.89. The van der Waals surface area contributed by atoms with Gasteiger partial charge in [-0.25, -0.2) is 20.2 Å². The largest absolute Gasteiger partial charge is 0.311 e. The first-order valence-corrected chi connectivity index (χ1v) is 15.9. The van der Waals surface area contributed by atoms with E-state index >= 15 is 0 Å². The van der Waals surface area contributed by atoms with Crippen molar-refractivity contribution in [3.05, 3.63) is 90.9 Å². The first-order valence-electron chi connectivity index (χ1n) is 12.0. The number of nitriles is 2. The van der Waals surface area contributed by atoms with Crippen LogP contribution in [-0.4, -0.2) is 0 Å². The third kappa shape index (κ3) is 4.45. The Morgan fingerprint density at radius 3 is 1.43 bits per heavy atom. The molecule has 0 saturated carbocycles. The fraction of sp³-hybridized carbons (Fsp3) is 0.143. The Labute approximate surface area is 242 Å². The lowest BCUT2D eigenvalue weighted by molar-refractivity contribution is 0.356. The summed E-state index contributed by atoms with van der Waals surface area (Å²) in [4.78, 5) is 0.287. The van der Waals surface area contributed by atoms with Crippen molar-refractivity contribution in [2.24, 2.45) is 0 Å². The normalized spacial score (nSPS) is 17.8. The molecule has 3 aromatic carbocycles. The fourth-order valence-electron chi connectivity index (χ4n) is 6.09. The maximum Gasteiger partial charge on any atom is 0.311 e. The summed E-state index contributed by atoms with van der Waals surface area (Å²) in [7, 11) is -21.9. The highest BCUT2D eigenvalue weighted by Gasteiger charge is 2.70. The van der Waals surface area contributed by atoms with Crippen LogP contribution in [0.5, 0.6) is 0 Å². The average Bonchev–Trinajstić information content (AvgIpc) is 3.45. The predicted octanol–water partition coefficient (Wildman–Crippen LogP) is 9.86. The fourth-order valence-corrected chi connectivity index (χ4v) is 7.99. The molecule has 16 heteroatoms. The van der Waals surface area contributed by atoms with E-state index < -0.39 is 92.9 Å². The maximum absolute atomic E-state index is 14.5. The molecule has 228 valence electrons. The van der Waals surface area contributed by atoms with Gasteiger partial charge in [0.05, 0.1) is 25.3 Å². The van der Waals surface area contributed by atoms with Gasteiger partial charge < -0.3 is 0 Å². The molecule has 0 heterocycles. The van der Waals surface area contributed by atoms with Gasteiger partial charge in [0.25, 0.3) is 11.4 Å². The number of benzene rings is 3. The van der Waals surface area contributed by atoms with Crippen LogP contribution < -0.4 is 10.4 Å². The van der Waals surface area contributed by atoms with Crippen molar-refractivity contribution >= 4 is 31.8 Å². The first-order chi connectivity index (χ1) is 19.8. The maximum atomic E-state index is 14.5. The molecule has 0 unspecified atom stereocenters. The van der Waals surface area contributed by atoms with Crippen LogP contribution >= 0.6 is 20.4 Å². The number of hydrogen-bond donors (Lipinski definition) is 0. The standard InChI is InChI=1S/C28H14F10N4S2/c1-13-5-6-14(2)23-15(13)9-17-25(20(12-40)42-4)28-18(24(27(17)23)19(11-39)41-3)10-16-21(43(29,30,31,32)33)7-8-22(26(16)28)44(34,35,36,37)38/h5-8H,9-10H2,1-2H3/b24-19-,25-20+. The molecule has 0 N–H and O–H groups in total. The SMILES string of the molecule is [C-]#[N+]/C(C#N)=c1/c2c(/c(=C(\C#N)[N+]#[C-])c3c1-c1c(C)ccc(C)c1C3)-c1c(S(F)(F)(F)(F)F)ccc(S(F)(F)(F)(F)F)c1C2. The van der Waals surface area contributed by atoms with Crippen LogP contribution in [0.1, 0.15) is 33.4 Å². The monoisotopic (exact) mass is 660 g/mol. The number of hydrogen-bond acceptors (Lipinski definition) is 2. The van der Waals surface area contributed by atoms with E-state index in [0.29, 0.717) is 22.3 Å². The van der Waals surface area contributed by atoms with E-state index in [1.165, 1.54) is 12.1 Å². The van der Waals surface area contributed by atoms with Crippen LogP contribution in [0.2, 0.25) is 0 Å². The molecule has 0 bridgehead atoms. The lowest BCUT2D eigenvalue weighted by Gasteiger charge is -2.45. The van der Waals surface area contributed by atoms with Crippen LogP contribution in [0.25, 0.3) is 43.3 Å². The Balaban J connectivity index is 2.25. The van der Waals surface area contributed by atoms with Crippen LogP contribution in [0.3, 0.4) is 0 Å². The van der Waals surface area contributed by atoms with E-state index in [1.807, 2.05) is 0 Å². The first kappa shape index (κ1) is 30.8. The smallest absolute Gasteiger partial charge is 0.226 e. The molecule has 2 aliphatic rings. The molecule has 2 aliphatic carbocycles. The summed E-state index contributed by atoms with van der Waals surface area (Å²) in [6.45, 7) is 18.3. The molecule has 44 heavy (non-hydrogen) atoms. The topological polar surface area (TPSA) is 56.3 Å². The van der Waals surface area contributed by atoms with Gasteiger partial charge in [-0.3, -0.25) is 0 Å². The summed E-state index contributed by atoms with van der Waals surface area (Å²) in [5, 5.41) is 18.4. The van der Waals surface area contributed by atoms with Gasteiger partial charge in [-0.05, 0) is 88.9 Å². The number of nitrogens with zero attached hydrogens (tertiary/aromatic N) is 4. The molecule has 0 fully saturated rings. The highest BCUT2D eigenvalue weighted by Crippen LogP contribution is 3.05. The van der Waals surface area contributed by atoms with Gasteiger partial charge in [0.1, 0.15) is 9.79 Å². The lowest BCUT2D eigenvalue weighted by Crippen LogP contribution is -2.26. The van der Waals surface area contributed by atoms with E-state index in [1.54, 1.807) is 26.0 Å². The number of rotatable bonds is 2. The summed E-state index contributed by atoms with van der Waals surface area (Å²) < 4.78 is 144. The van der Waals surface area contributed by atoms with E-state index in [9.17, 15) is 49.4 Å². The van der Waals surface area contributed by atoms with E-state index in [-0.39, 0.29) is 17.5 Å². The zero-order valence-electron chi connectivity index (χ0n) is 22.1. The molecule has 0 radical (unpaired) electrons. The van der Waals surface area contributed by atoms with Crippen LogP contribution in [0.4, 0.5) is 38.9 Å². The van der Waals surface area contributed by atoms with E-state index in [0.717, 1.165) is 0 Å². The molecule has 5 rings (SSSR count). The highest BCUT2D eigenvalue weighted by atomic mass is 32.5. The minimum Gasteiger partial charge on any atom is -0.226 e. The second kappa shape index (κ2) is 7.71.